The van der Waals surface area contributed by atoms with E-state index in [1.807, 2.05) is 37.8 Å². The summed E-state index contributed by atoms with van der Waals surface area (Å²) in [6.07, 6.45) is 0.618. The van der Waals surface area contributed by atoms with Gasteiger partial charge < -0.3 is 14.8 Å². The highest BCUT2D eigenvalue weighted by molar-refractivity contribution is 5.80. The Bertz CT molecular complexity index is 1140. The third-order valence-corrected chi connectivity index (χ3v) is 5.57. The van der Waals surface area contributed by atoms with Crippen LogP contribution in [0.2, 0.25) is 0 Å². The standard InChI is InChI=1S/C22H30N6O4/c1-5-19(21-24-25-26-28(21)13-20(30)32-6-2)27(7-8-29)12-17-11-16-9-14(3)15(4)10-18(16)23-22(17)31/h9-11,19,29H,5-8,12-13H2,1-4H3,(H,23,31). The number of hydrogen-bond donors (Lipinski definition) is 2. The minimum absolute atomic E-state index is 0.0975. The summed E-state index contributed by atoms with van der Waals surface area (Å²) >= 11 is 0. The van der Waals surface area contributed by atoms with Crippen LogP contribution in [0.15, 0.2) is 23.0 Å². The molecular weight excluding hydrogens is 412 g/mol. The fourth-order valence-corrected chi connectivity index (χ4v) is 3.83. The first-order valence-electron chi connectivity index (χ1n) is 10.8. The molecule has 0 spiro atoms. The number of aryl methyl sites for hydroxylation is 2. The van der Waals surface area contributed by atoms with Gasteiger partial charge in [-0.15, -0.1) is 5.10 Å². The molecule has 0 fully saturated rings. The van der Waals surface area contributed by atoms with Crippen molar-refractivity contribution in [1.82, 2.24) is 30.1 Å². The summed E-state index contributed by atoms with van der Waals surface area (Å²) in [5, 5.41) is 22.4. The van der Waals surface area contributed by atoms with Crippen LogP contribution in [0.4, 0.5) is 0 Å². The summed E-state index contributed by atoms with van der Waals surface area (Å²) in [7, 11) is 0. The third-order valence-electron chi connectivity index (χ3n) is 5.57. The normalized spacial score (nSPS) is 12.4. The summed E-state index contributed by atoms with van der Waals surface area (Å²) in [5.41, 5.74) is 3.46. The number of hydrogen-bond acceptors (Lipinski definition) is 8. The van der Waals surface area contributed by atoms with Crippen molar-refractivity contribution in [1.29, 1.82) is 0 Å². The molecule has 0 saturated heterocycles. The second-order valence-corrected chi connectivity index (χ2v) is 7.77. The van der Waals surface area contributed by atoms with Crippen molar-refractivity contribution in [2.75, 3.05) is 19.8 Å². The number of nitrogens with zero attached hydrogens (tertiary/aromatic N) is 5. The first kappa shape index (κ1) is 23.6. The van der Waals surface area contributed by atoms with Gasteiger partial charge in [-0.25, -0.2) is 4.68 Å². The Labute approximate surface area is 186 Å². The van der Waals surface area contributed by atoms with Crippen molar-refractivity contribution in [2.24, 2.45) is 0 Å². The lowest BCUT2D eigenvalue weighted by molar-refractivity contribution is -0.144. The second-order valence-electron chi connectivity index (χ2n) is 7.77. The summed E-state index contributed by atoms with van der Waals surface area (Å²) in [6, 6.07) is 5.61. The van der Waals surface area contributed by atoms with Crippen LogP contribution >= 0.6 is 0 Å². The van der Waals surface area contributed by atoms with E-state index in [0.29, 0.717) is 30.9 Å². The Morgan fingerprint density at radius 3 is 2.69 bits per heavy atom. The van der Waals surface area contributed by atoms with Gasteiger partial charge >= 0.3 is 5.97 Å². The summed E-state index contributed by atoms with van der Waals surface area (Å²) < 4.78 is 6.42. The predicted octanol–water partition coefficient (Wildman–Crippen LogP) is 1.64. The highest BCUT2D eigenvalue weighted by Crippen LogP contribution is 2.24. The summed E-state index contributed by atoms with van der Waals surface area (Å²) in [4.78, 5) is 29.7. The minimum atomic E-state index is -0.429. The topological polar surface area (TPSA) is 126 Å². The number of esters is 1. The van der Waals surface area contributed by atoms with E-state index in [9.17, 15) is 14.7 Å². The van der Waals surface area contributed by atoms with Gasteiger partial charge in [0.15, 0.2) is 5.82 Å². The van der Waals surface area contributed by atoms with Crippen LogP contribution in [0.5, 0.6) is 0 Å². The molecule has 0 saturated carbocycles. The van der Waals surface area contributed by atoms with Crippen molar-refractivity contribution >= 4 is 16.9 Å². The molecule has 3 rings (SSSR count). The monoisotopic (exact) mass is 442 g/mol. The highest BCUT2D eigenvalue weighted by Gasteiger charge is 2.26. The van der Waals surface area contributed by atoms with Gasteiger partial charge in [-0.05, 0) is 72.3 Å². The van der Waals surface area contributed by atoms with Gasteiger partial charge in [0.25, 0.3) is 5.56 Å². The number of tetrazole rings is 1. The van der Waals surface area contributed by atoms with E-state index in [1.54, 1.807) is 6.92 Å². The molecule has 0 aliphatic heterocycles. The fourth-order valence-electron chi connectivity index (χ4n) is 3.83. The lowest BCUT2D eigenvalue weighted by Gasteiger charge is -2.29. The maximum Gasteiger partial charge on any atom is 0.327 e. The van der Waals surface area contributed by atoms with Crippen LogP contribution in [0.25, 0.3) is 10.9 Å². The average Bonchev–Trinajstić information content (AvgIpc) is 3.18. The van der Waals surface area contributed by atoms with E-state index < -0.39 is 5.97 Å². The molecule has 10 nitrogen and oxygen atoms in total. The number of carbonyl (C=O) groups excluding carboxylic acids is 1. The van der Waals surface area contributed by atoms with Gasteiger partial charge in [-0.2, -0.15) is 0 Å². The quantitative estimate of drug-likeness (QED) is 0.454. The molecule has 0 amide bonds. The van der Waals surface area contributed by atoms with Gasteiger partial charge in [0.2, 0.25) is 0 Å². The van der Waals surface area contributed by atoms with Crippen LogP contribution in [0.1, 0.15) is 48.8 Å². The van der Waals surface area contributed by atoms with Crippen LogP contribution < -0.4 is 5.56 Å². The van der Waals surface area contributed by atoms with Gasteiger partial charge in [0.05, 0.1) is 19.3 Å². The SMILES string of the molecule is CCOC(=O)Cn1nnnc1C(CC)N(CCO)Cc1cc2cc(C)c(C)cc2[nH]c1=O. The van der Waals surface area contributed by atoms with Gasteiger partial charge in [0, 0.05) is 24.2 Å². The molecule has 0 aliphatic carbocycles. The zero-order chi connectivity index (χ0) is 23.3. The van der Waals surface area contributed by atoms with Crippen molar-refractivity contribution in [2.45, 2.75) is 53.2 Å². The highest BCUT2D eigenvalue weighted by atomic mass is 16.5. The van der Waals surface area contributed by atoms with Crippen molar-refractivity contribution in [3.63, 3.8) is 0 Å². The Balaban J connectivity index is 1.93. The van der Waals surface area contributed by atoms with Crippen LogP contribution in [-0.4, -0.2) is 60.9 Å². The van der Waals surface area contributed by atoms with E-state index in [-0.39, 0.29) is 31.4 Å². The number of carbonyl (C=O) groups is 1. The van der Waals surface area contributed by atoms with Crippen molar-refractivity contribution in [3.05, 3.63) is 51.1 Å². The molecule has 172 valence electrons. The number of aliphatic hydroxyl groups excluding tert-OH is 1. The van der Waals surface area contributed by atoms with Crippen molar-refractivity contribution in [3.8, 4) is 0 Å². The molecule has 1 atom stereocenters. The lowest BCUT2D eigenvalue weighted by atomic mass is 10.0. The molecule has 10 heteroatoms. The number of aliphatic hydroxyl groups is 1. The molecule has 2 aromatic heterocycles. The molecular formula is C22H30N6O4. The minimum Gasteiger partial charge on any atom is -0.465 e. The van der Waals surface area contributed by atoms with Gasteiger partial charge in [0.1, 0.15) is 6.54 Å². The predicted molar refractivity (Wildman–Crippen MR) is 119 cm³/mol. The summed E-state index contributed by atoms with van der Waals surface area (Å²) in [6.45, 7) is 8.43. The Morgan fingerprint density at radius 2 is 2.00 bits per heavy atom. The first-order chi connectivity index (χ1) is 15.4. The summed E-state index contributed by atoms with van der Waals surface area (Å²) in [5.74, 6) is 0.0546. The zero-order valence-corrected chi connectivity index (χ0v) is 19.0. The Morgan fingerprint density at radius 1 is 1.25 bits per heavy atom. The molecule has 0 bridgehead atoms. The average molecular weight is 443 g/mol. The van der Waals surface area contributed by atoms with Gasteiger partial charge in [-0.1, -0.05) is 6.92 Å². The van der Waals surface area contributed by atoms with E-state index in [1.165, 1.54) is 4.68 Å². The van der Waals surface area contributed by atoms with Crippen LogP contribution in [-0.2, 0) is 22.6 Å². The number of aromatic nitrogens is 5. The molecule has 0 aliphatic rings. The number of rotatable bonds is 10. The molecule has 1 aromatic carbocycles. The van der Waals surface area contributed by atoms with E-state index in [0.717, 1.165) is 22.0 Å². The Hall–Kier alpha value is -3.11. The lowest BCUT2D eigenvalue weighted by Crippen LogP contribution is -2.35. The van der Waals surface area contributed by atoms with Crippen LogP contribution in [0, 0.1) is 13.8 Å². The molecule has 1 unspecified atom stereocenters. The number of nitrogens with one attached hydrogen (secondary N) is 1. The number of benzene rings is 1. The second kappa shape index (κ2) is 10.5. The molecule has 2 N–H and O–H groups in total. The third kappa shape index (κ3) is 5.20. The molecule has 3 aromatic rings. The molecule has 2 heterocycles. The van der Waals surface area contributed by atoms with Gasteiger partial charge in [-0.3, -0.25) is 14.5 Å². The largest absolute Gasteiger partial charge is 0.465 e. The number of pyridine rings is 1. The maximum atomic E-state index is 12.8. The van der Waals surface area contributed by atoms with E-state index in [4.69, 9.17) is 4.74 Å². The maximum absolute atomic E-state index is 12.8. The number of H-pyrrole nitrogens is 1. The molecule has 0 radical (unpaired) electrons. The molecule has 32 heavy (non-hydrogen) atoms. The first-order valence-corrected chi connectivity index (χ1v) is 10.8. The Kier molecular flexibility index (Phi) is 7.70. The number of ether oxygens (including phenoxy) is 1. The fraction of sp³-hybridized carbons (Fsp3) is 0.500. The van der Waals surface area contributed by atoms with Crippen LogP contribution in [0.3, 0.4) is 0 Å². The zero-order valence-electron chi connectivity index (χ0n) is 19.0. The van der Waals surface area contributed by atoms with E-state index >= 15 is 0 Å². The number of aromatic amines is 1. The smallest absolute Gasteiger partial charge is 0.327 e. The van der Waals surface area contributed by atoms with E-state index in [2.05, 4.69) is 26.6 Å². The van der Waals surface area contributed by atoms with Crippen molar-refractivity contribution < 1.29 is 14.6 Å². The number of fused-ring (bicyclic) bond motifs is 1.